The third-order valence-electron chi connectivity index (χ3n) is 6.51. The Bertz CT molecular complexity index is 1060. The minimum absolute atomic E-state index is 0.0579. The van der Waals surface area contributed by atoms with Crippen LogP contribution in [0, 0.1) is 0 Å². The summed E-state index contributed by atoms with van der Waals surface area (Å²) in [6.07, 6.45) is 3.34. The predicted molar refractivity (Wildman–Crippen MR) is 138 cm³/mol. The van der Waals surface area contributed by atoms with Crippen molar-refractivity contribution in [1.82, 2.24) is 0 Å². The van der Waals surface area contributed by atoms with Crippen LogP contribution in [0.3, 0.4) is 0 Å². The number of rotatable bonds is 9. The van der Waals surface area contributed by atoms with Gasteiger partial charge >= 0.3 is 0 Å². The summed E-state index contributed by atoms with van der Waals surface area (Å²) in [5.74, 6) is 2.61. The van der Waals surface area contributed by atoms with Gasteiger partial charge in [-0.2, -0.15) is 0 Å². The fourth-order valence-corrected chi connectivity index (χ4v) is 4.69. The van der Waals surface area contributed by atoms with Crippen LogP contribution in [0.2, 0.25) is 0 Å². The lowest BCUT2D eigenvalue weighted by atomic mass is 9.67. The van der Waals surface area contributed by atoms with Gasteiger partial charge in [-0.05, 0) is 77.4 Å². The third kappa shape index (κ3) is 5.78. The van der Waals surface area contributed by atoms with Gasteiger partial charge in [0.05, 0.1) is 21.3 Å². The molecule has 3 heteroatoms. The molecule has 0 aliphatic rings. The van der Waals surface area contributed by atoms with Crippen LogP contribution in [0.25, 0.3) is 5.57 Å². The minimum atomic E-state index is -0.195. The number of hydrogen-bond acceptors (Lipinski definition) is 3. The summed E-state index contributed by atoms with van der Waals surface area (Å²) in [6.45, 7) is 9.14. The molecule has 0 heterocycles. The van der Waals surface area contributed by atoms with E-state index in [-0.39, 0.29) is 10.8 Å². The Morgan fingerprint density at radius 2 is 1.03 bits per heavy atom. The van der Waals surface area contributed by atoms with Crippen molar-refractivity contribution in [3.63, 3.8) is 0 Å². The summed E-state index contributed by atoms with van der Waals surface area (Å²) in [7, 11) is 5.10. The first-order valence-corrected chi connectivity index (χ1v) is 11.3. The van der Waals surface area contributed by atoms with Crippen molar-refractivity contribution in [3.05, 3.63) is 95.6 Å². The Hall–Kier alpha value is -3.20. The fraction of sp³-hybridized carbons (Fsp3) is 0.333. The summed E-state index contributed by atoms with van der Waals surface area (Å²) < 4.78 is 16.1. The summed E-state index contributed by atoms with van der Waals surface area (Å²) in [5.41, 5.74) is 4.73. The van der Waals surface area contributed by atoms with Crippen molar-refractivity contribution >= 4 is 5.57 Å². The molecule has 0 N–H and O–H groups in total. The zero-order valence-electron chi connectivity index (χ0n) is 20.9. The quantitative estimate of drug-likeness (QED) is 0.343. The van der Waals surface area contributed by atoms with Crippen molar-refractivity contribution in [2.24, 2.45) is 0 Å². The molecule has 3 rings (SSSR count). The molecule has 0 saturated carbocycles. The van der Waals surface area contributed by atoms with E-state index < -0.39 is 0 Å². The van der Waals surface area contributed by atoms with E-state index in [1.807, 2.05) is 36.4 Å². The number of hydrogen-bond donors (Lipinski definition) is 0. The average molecular weight is 445 g/mol. The number of benzene rings is 3. The van der Waals surface area contributed by atoms with Crippen LogP contribution in [-0.4, -0.2) is 21.3 Å². The average Bonchev–Trinajstić information content (AvgIpc) is 2.83. The van der Waals surface area contributed by atoms with Gasteiger partial charge < -0.3 is 14.2 Å². The van der Waals surface area contributed by atoms with Crippen molar-refractivity contribution in [3.8, 4) is 17.2 Å². The molecule has 0 bridgehead atoms. The first-order valence-electron chi connectivity index (χ1n) is 11.3. The Morgan fingerprint density at radius 3 is 1.45 bits per heavy atom. The van der Waals surface area contributed by atoms with E-state index in [4.69, 9.17) is 14.2 Å². The van der Waals surface area contributed by atoms with Crippen LogP contribution in [0.4, 0.5) is 0 Å². The van der Waals surface area contributed by atoms with Crippen LogP contribution in [-0.2, 0) is 10.8 Å². The molecule has 174 valence electrons. The second-order valence-corrected chi connectivity index (χ2v) is 9.49. The highest BCUT2D eigenvalue weighted by molar-refractivity contribution is 5.66. The normalized spacial score (nSPS) is 13.8. The molecule has 3 nitrogen and oxygen atoms in total. The minimum Gasteiger partial charge on any atom is -0.497 e. The van der Waals surface area contributed by atoms with Crippen molar-refractivity contribution in [1.29, 1.82) is 0 Å². The second-order valence-electron chi connectivity index (χ2n) is 9.49. The molecule has 0 aromatic heterocycles. The molecule has 0 saturated heterocycles. The lowest BCUT2D eigenvalue weighted by molar-refractivity contribution is 0.377. The van der Waals surface area contributed by atoms with Crippen LogP contribution in [0.15, 0.2) is 78.9 Å². The maximum Gasteiger partial charge on any atom is 0.118 e. The highest BCUT2D eigenvalue weighted by Crippen LogP contribution is 2.42. The van der Waals surface area contributed by atoms with Gasteiger partial charge in [0.1, 0.15) is 17.2 Å². The molecule has 1 atom stereocenters. The second kappa shape index (κ2) is 10.2. The summed E-state index contributed by atoms with van der Waals surface area (Å²) >= 11 is 0. The highest BCUT2D eigenvalue weighted by atomic mass is 16.5. The Labute approximate surface area is 199 Å². The molecule has 3 aromatic rings. The van der Waals surface area contributed by atoms with E-state index in [9.17, 15) is 0 Å². The fourth-order valence-electron chi connectivity index (χ4n) is 4.69. The highest BCUT2D eigenvalue weighted by Gasteiger charge is 2.34. The third-order valence-corrected chi connectivity index (χ3v) is 6.51. The van der Waals surface area contributed by atoms with E-state index in [0.29, 0.717) is 0 Å². The molecule has 0 aliphatic carbocycles. The van der Waals surface area contributed by atoms with Crippen LogP contribution in [0.5, 0.6) is 17.2 Å². The Kier molecular flexibility index (Phi) is 7.53. The molecule has 0 spiro atoms. The van der Waals surface area contributed by atoms with Crippen molar-refractivity contribution < 1.29 is 14.2 Å². The molecule has 0 radical (unpaired) electrons. The summed E-state index contributed by atoms with van der Waals surface area (Å²) in [6, 6.07) is 25.1. The molecule has 1 unspecified atom stereocenters. The topological polar surface area (TPSA) is 27.7 Å². The maximum atomic E-state index is 5.41. The molecular weight excluding hydrogens is 408 g/mol. The number of methoxy groups -OCH3 is 3. The first kappa shape index (κ1) is 24.4. The lowest BCUT2D eigenvalue weighted by Gasteiger charge is -2.37. The molecule has 0 aliphatic heterocycles. The zero-order valence-corrected chi connectivity index (χ0v) is 20.9. The van der Waals surface area contributed by atoms with Gasteiger partial charge in [-0.1, -0.05) is 63.2 Å². The van der Waals surface area contributed by atoms with Gasteiger partial charge in [0, 0.05) is 5.41 Å². The van der Waals surface area contributed by atoms with Gasteiger partial charge in [0.15, 0.2) is 0 Å². The van der Waals surface area contributed by atoms with Gasteiger partial charge in [-0.25, -0.2) is 0 Å². The standard InChI is InChI=1S/C30H36O3/c1-22(23-8-14-26(31-5)15-9-23)20-30(4,25-12-18-28(33-7)19-13-25)21-29(2,3)24-10-16-27(32-6)17-11-24/h8-20H,21H2,1-7H3. The maximum absolute atomic E-state index is 5.41. The Morgan fingerprint density at radius 1 is 0.636 bits per heavy atom. The van der Waals surface area contributed by atoms with Crippen molar-refractivity contribution in [2.45, 2.75) is 44.9 Å². The van der Waals surface area contributed by atoms with Crippen molar-refractivity contribution in [2.75, 3.05) is 21.3 Å². The number of ether oxygens (including phenoxy) is 3. The van der Waals surface area contributed by atoms with Crippen LogP contribution < -0.4 is 14.2 Å². The largest absolute Gasteiger partial charge is 0.497 e. The van der Waals surface area contributed by atoms with E-state index in [2.05, 4.69) is 70.2 Å². The molecule has 33 heavy (non-hydrogen) atoms. The lowest BCUT2D eigenvalue weighted by Crippen LogP contribution is -2.31. The van der Waals surface area contributed by atoms with E-state index in [1.54, 1.807) is 21.3 Å². The van der Waals surface area contributed by atoms with E-state index in [0.717, 1.165) is 23.7 Å². The van der Waals surface area contributed by atoms with E-state index in [1.165, 1.54) is 22.3 Å². The SMILES string of the molecule is COc1ccc(C(C)=CC(C)(CC(C)(C)c2ccc(OC)cc2)c2ccc(OC)cc2)cc1. The Balaban J connectivity index is 2.03. The molecule has 3 aromatic carbocycles. The zero-order chi connectivity index (χ0) is 24.1. The predicted octanol–water partition coefficient (Wildman–Crippen LogP) is 7.44. The van der Waals surface area contributed by atoms with Gasteiger partial charge in [-0.3, -0.25) is 0 Å². The smallest absolute Gasteiger partial charge is 0.118 e. The first-order chi connectivity index (χ1) is 15.7. The monoisotopic (exact) mass is 444 g/mol. The summed E-state index contributed by atoms with van der Waals surface area (Å²) in [5, 5.41) is 0. The van der Waals surface area contributed by atoms with Gasteiger partial charge in [0.2, 0.25) is 0 Å². The van der Waals surface area contributed by atoms with Crippen LogP contribution in [0.1, 0.15) is 50.8 Å². The van der Waals surface area contributed by atoms with E-state index >= 15 is 0 Å². The van der Waals surface area contributed by atoms with Gasteiger partial charge in [-0.15, -0.1) is 0 Å². The molecule has 0 amide bonds. The molecular formula is C30H36O3. The van der Waals surface area contributed by atoms with Crippen LogP contribution >= 0.6 is 0 Å². The summed E-state index contributed by atoms with van der Waals surface area (Å²) in [4.78, 5) is 0. The van der Waals surface area contributed by atoms with Gasteiger partial charge in [0.25, 0.3) is 0 Å². The molecule has 0 fully saturated rings. The number of allylic oxidation sites excluding steroid dienone is 2.